The lowest BCUT2D eigenvalue weighted by Crippen LogP contribution is -2.41. The monoisotopic (exact) mass is 357 g/mol. The molecule has 0 fully saturated rings. The van der Waals surface area contributed by atoms with Gasteiger partial charge in [0.25, 0.3) is 5.91 Å². The van der Waals surface area contributed by atoms with Gasteiger partial charge in [0.15, 0.2) is 0 Å². The van der Waals surface area contributed by atoms with E-state index in [1.807, 2.05) is 32.0 Å². The molecular weight excluding hydrogens is 337 g/mol. The molecule has 0 atom stereocenters. The average molecular weight is 357 g/mol. The number of hydrogen-bond donors (Lipinski definition) is 3. The molecule has 2 aromatic carbocycles. The largest absolute Gasteiger partial charge is 0.326 e. The molecule has 3 amide bonds. The summed E-state index contributed by atoms with van der Waals surface area (Å²) < 4.78 is 12.8. The molecule has 3 N–H and O–H groups in total. The van der Waals surface area contributed by atoms with Gasteiger partial charge in [0.1, 0.15) is 5.82 Å². The van der Waals surface area contributed by atoms with Gasteiger partial charge < -0.3 is 5.32 Å². The number of hydrogen-bond acceptors (Lipinski definition) is 3. The van der Waals surface area contributed by atoms with Gasteiger partial charge in [-0.05, 0) is 49.7 Å². The van der Waals surface area contributed by atoms with Crippen LogP contribution in [0.5, 0.6) is 0 Å². The molecule has 0 unspecified atom stereocenters. The molecule has 2 aromatic rings. The molecule has 0 aromatic heterocycles. The molecule has 0 saturated carbocycles. The van der Waals surface area contributed by atoms with E-state index < -0.39 is 17.6 Å². The predicted molar refractivity (Wildman–Crippen MR) is 95.8 cm³/mol. The first kappa shape index (κ1) is 19.1. The molecule has 6 nitrogen and oxygen atoms in total. The van der Waals surface area contributed by atoms with Crippen LogP contribution in [0.25, 0.3) is 0 Å². The van der Waals surface area contributed by atoms with Crippen molar-refractivity contribution in [3.05, 3.63) is 65.0 Å². The first-order valence-corrected chi connectivity index (χ1v) is 8.07. The lowest BCUT2D eigenvalue weighted by Gasteiger charge is -2.10. The Hall–Kier alpha value is -3.22. The summed E-state index contributed by atoms with van der Waals surface area (Å²) in [6.45, 7) is 3.85. The van der Waals surface area contributed by atoms with Crippen LogP contribution in [0, 0.1) is 19.7 Å². The van der Waals surface area contributed by atoms with E-state index in [0.29, 0.717) is 5.69 Å². The Morgan fingerprint density at radius 2 is 1.54 bits per heavy atom. The number of rotatable bonds is 5. The Morgan fingerprint density at radius 3 is 2.19 bits per heavy atom. The van der Waals surface area contributed by atoms with Gasteiger partial charge in [0.05, 0.1) is 0 Å². The van der Waals surface area contributed by atoms with Crippen LogP contribution in [0.4, 0.5) is 10.1 Å². The van der Waals surface area contributed by atoms with Gasteiger partial charge in [-0.25, -0.2) is 4.39 Å². The van der Waals surface area contributed by atoms with E-state index in [0.717, 1.165) is 23.3 Å². The summed E-state index contributed by atoms with van der Waals surface area (Å²) in [7, 11) is 0. The number of halogens is 1. The van der Waals surface area contributed by atoms with Crippen molar-refractivity contribution < 1.29 is 18.8 Å². The topological polar surface area (TPSA) is 87.3 Å². The number of carbonyl (C=O) groups excluding carboxylic acids is 3. The van der Waals surface area contributed by atoms with E-state index in [1.54, 1.807) is 0 Å². The minimum atomic E-state index is -0.571. The molecule has 136 valence electrons. The van der Waals surface area contributed by atoms with E-state index in [2.05, 4.69) is 16.2 Å². The van der Waals surface area contributed by atoms with Crippen LogP contribution in [0.3, 0.4) is 0 Å². The molecule has 0 bridgehead atoms. The molecule has 0 aliphatic carbocycles. The highest BCUT2D eigenvalue weighted by atomic mass is 19.1. The maximum atomic E-state index is 12.8. The highest BCUT2D eigenvalue weighted by Crippen LogP contribution is 2.16. The number of amides is 3. The molecular formula is C19H20FN3O3. The van der Waals surface area contributed by atoms with E-state index in [1.165, 1.54) is 12.1 Å². The van der Waals surface area contributed by atoms with Gasteiger partial charge in [-0.1, -0.05) is 17.7 Å². The number of carbonyl (C=O) groups is 3. The molecule has 0 aliphatic rings. The normalized spacial score (nSPS) is 10.1. The van der Waals surface area contributed by atoms with E-state index in [4.69, 9.17) is 0 Å². The molecule has 26 heavy (non-hydrogen) atoms. The van der Waals surface area contributed by atoms with Crippen LogP contribution in [-0.2, 0) is 9.59 Å². The Labute approximate surface area is 150 Å². The number of benzene rings is 2. The van der Waals surface area contributed by atoms with E-state index in [9.17, 15) is 18.8 Å². The van der Waals surface area contributed by atoms with Gasteiger partial charge in [0, 0.05) is 24.1 Å². The van der Waals surface area contributed by atoms with Gasteiger partial charge in [-0.3, -0.25) is 25.2 Å². The summed E-state index contributed by atoms with van der Waals surface area (Å²) in [6.07, 6.45) is -0.105. The molecule has 2 rings (SSSR count). The van der Waals surface area contributed by atoms with Gasteiger partial charge >= 0.3 is 0 Å². The molecule has 0 aliphatic heterocycles. The van der Waals surface area contributed by atoms with Crippen LogP contribution in [0.15, 0.2) is 42.5 Å². The Kier molecular flexibility index (Phi) is 6.43. The highest BCUT2D eigenvalue weighted by molar-refractivity contribution is 5.96. The number of anilines is 1. The summed E-state index contributed by atoms with van der Waals surface area (Å²) in [5, 5.41) is 2.75. The van der Waals surface area contributed by atoms with Crippen molar-refractivity contribution in [3.63, 3.8) is 0 Å². The minimum absolute atomic E-state index is 0.0223. The Bertz CT molecular complexity index is 819. The summed E-state index contributed by atoms with van der Waals surface area (Å²) in [6, 6.07) is 10.5. The standard InChI is InChI=1S/C19H20FN3O3/c1-12-3-8-16(13(2)11-12)21-17(24)9-10-18(25)22-23-19(26)14-4-6-15(20)7-5-14/h3-8,11H,9-10H2,1-2H3,(H,21,24)(H,22,25)(H,23,26). The second-order valence-corrected chi connectivity index (χ2v) is 5.88. The summed E-state index contributed by atoms with van der Waals surface area (Å²) in [5.41, 5.74) is 7.38. The van der Waals surface area contributed by atoms with Gasteiger partial charge in [0.2, 0.25) is 11.8 Å². The maximum Gasteiger partial charge on any atom is 0.269 e. The number of hydrazine groups is 1. The molecule has 0 radical (unpaired) electrons. The van der Waals surface area contributed by atoms with Crippen molar-refractivity contribution in [2.45, 2.75) is 26.7 Å². The predicted octanol–water partition coefficient (Wildman–Crippen LogP) is 2.62. The summed E-state index contributed by atoms with van der Waals surface area (Å²) >= 11 is 0. The molecule has 0 spiro atoms. The van der Waals surface area contributed by atoms with Crippen molar-refractivity contribution in [2.75, 3.05) is 5.32 Å². The van der Waals surface area contributed by atoms with Crippen LogP contribution < -0.4 is 16.2 Å². The van der Waals surface area contributed by atoms with Crippen molar-refractivity contribution in [3.8, 4) is 0 Å². The first-order valence-electron chi connectivity index (χ1n) is 8.07. The summed E-state index contributed by atoms with van der Waals surface area (Å²) in [5.74, 6) is -1.83. The second kappa shape index (κ2) is 8.75. The fourth-order valence-electron chi connectivity index (χ4n) is 2.26. The van der Waals surface area contributed by atoms with Crippen LogP contribution in [-0.4, -0.2) is 17.7 Å². The number of nitrogens with one attached hydrogen (secondary N) is 3. The lowest BCUT2D eigenvalue weighted by molar-refractivity contribution is -0.124. The Balaban J connectivity index is 1.74. The number of aryl methyl sites for hydroxylation is 2. The smallest absolute Gasteiger partial charge is 0.269 e. The van der Waals surface area contributed by atoms with Crippen LogP contribution in [0.1, 0.15) is 34.3 Å². The van der Waals surface area contributed by atoms with E-state index >= 15 is 0 Å². The average Bonchev–Trinajstić information content (AvgIpc) is 2.61. The molecule has 7 heteroatoms. The van der Waals surface area contributed by atoms with Crippen molar-refractivity contribution >= 4 is 23.4 Å². The van der Waals surface area contributed by atoms with Crippen molar-refractivity contribution in [1.29, 1.82) is 0 Å². The zero-order valence-electron chi connectivity index (χ0n) is 14.6. The maximum absolute atomic E-state index is 12.8. The van der Waals surface area contributed by atoms with Crippen molar-refractivity contribution in [1.82, 2.24) is 10.9 Å². The fourth-order valence-corrected chi connectivity index (χ4v) is 2.26. The van der Waals surface area contributed by atoms with Gasteiger partial charge in [-0.2, -0.15) is 0 Å². The third kappa shape index (κ3) is 5.70. The van der Waals surface area contributed by atoms with Gasteiger partial charge in [-0.15, -0.1) is 0 Å². The third-order valence-electron chi connectivity index (χ3n) is 3.66. The van der Waals surface area contributed by atoms with Crippen LogP contribution >= 0.6 is 0 Å². The molecule has 0 heterocycles. The zero-order valence-corrected chi connectivity index (χ0v) is 14.6. The highest BCUT2D eigenvalue weighted by Gasteiger charge is 2.10. The van der Waals surface area contributed by atoms with E-state index in [-0.39, 0.29) is 24.3 Å². The summed E-state index contributed by atoms with van der Waals surface area (Å²) in [4.78, 5) is 35.4. The quantitative estimate of drug-likeness (QED) is 0.719. The molecule has 0 saturated heterocycles. The van der Waals surface area contributed by atoms with Crippen LogP contribution in [0.2, 0.25) is 0 Å². The first-order chi connectivity index (χ1) is 12.3. The lowest BCUT2D eigenvalue weighted by atomic mass is 10.1. The third-order valence-corrected chi connectivity index (χ3v) is 3.66. The van der Waals surface area contributed by atoms with Crippen molar-refractivity contribution in [2.24, 2.45) is 0 Å². The minimum Gasteiger partial charge on any atom is -0.326 e. The Morgan fingerprint density at radius 1 is 0.885 bits per heavy atom. The fraction of sp³-hybridized carbons (Fsp3) is 0.211. The zero-order chi connectivity index (χ0) is 19.1. The SMILES string of the molecule is Cc1ccc(NC(=O)CCC(=O)NNC(=O)c2ccc(F)cc2)c(C)c1. The second-order valence-electron chi connectivity index (χ2n) is 5.88.